The van der Waals surface area contributed by atoms with Crippen LogP contribution in [0.4, 0.5) is 4.39 Å². The normalized spacial score (nSPS) is 16.4. The van der Waals surface area contributed by atoms with Crippen LogP contribution in [0.1, 0.15) is 24.8 Å². The molecule has 0 bridgehead atoms. The number of ketones is 1. The molecule has 0 spiro atoms. The molecule has 102 valence electrons. The Morgan fingerprint density at radius 2 is 2.05 bits per heavy atom. The van der Waals surface area contributed by atoms with E-state index in [0.717, 1.165) is 0 Å². The zero-order valence-electron chi connectivity index (χ0n) is 10.8. The van der Waals surface area contributed by atoms with Gasteiger partial charge in [-0.05, 0) is 18.2 Å². The number of rotatable bonds is 3. The Morgan fingerprint density at radius 1 is 1.26 bits per heavy atom. The van der Waals surface area contributed by atoms with Gasteiger partial charge < -0.3 is 9.64 Å². The maximum atomic E-state index is 13.3. The summed E-state index contributed by atoms with van der Waals surface area (Å²) in [6.07, 6.45) is 0.898. The van der Waals surface area contributed by atoms with Crippen molar-refractivity contribution >= 4 is 11.7 Å². The number of carbonyl (C=O) groups excluding carboxylic acids is 2. The smallest absolute Gasteiger partial charge is 0.223 e. The van der Waals surface area contributed by atoms with Crippen LogP contribution in [0.25, 0.3) is 0 Å². The Kier molecular flexibility index (Phi) is 4.14. The SMILES string of the molecule is COc1ccc(F)cc1CN1CCC(=O)CCC1=O. The molecule has 0 N–H and O–H groups in total. The van der Waals surface area contributed by atoms with E-state index in [-0.39, 0.29) is 30.5 Å². The van der Waals surface area contributed by atoms with Crippen molar-refractivity contribution in [3.8, 4) is 5.75 Å². The van der Waals surface area contributed by atoms with Crippen LogP contribution < -0.4 is 4.74 Å². The molecule has 1 aliphatic rings. The molecular formula is C14H16FNO3. The highest BCUT2D eigenvalue weighted by Gasteiger charge is 2.21. The monoisotopic (exact) mass is 265 g/mol. The lowest BCUT2D eigenvalue weighted by atomic mass is 10.1. The van der Waals surface area contributed by atoms with Gasteiger partial charge in [0.2, 0.25) is 5.91 Å². The fraction of sp³-hybridized carbons (Fsp3) is 0.429. The minimum absolute atomic E-state index is 0.0721. The van der Waals surface area contributed by atoms with Crippen molar-refractivity contribution in [2.45, 2.75) is 25.8 Å². The molecule has 5 heteroatoms. The van der Waals surface area contributed by atoms with Crippen molar-refractivity contribution in [3.63, 3.8) is 0 Å². The highest BCUT2D eigenvalue weighted by Crippen LogP contribution is 2.22. The summed E-state index contributed by atoms with van der Waals surface area (Å²) in [7, 11) is 1.50. The van der Waals surface area contributed by atoms with Crippen molar-refractivity contribution in [1.29, 1.82) is 0 Å². The molecule has 0 unspecified atom stereocenters. The second-order valence-electron chi connectivity index (χ2n) is 4.56. The van der Waals surface area contributed by atoms with Crippen LogP contribution in [-0.2, 0) is 16.1 Å². The van der Waals surface area contributed by atoms with Gasteiger partial charge in [-0.1, -0.05) is 0 Å². The van der Waals surface area contributed by atoms with E-state index < -0.39 is 0 Å². The maximum Gasteiger partial charge on any atom is 0.223 e. The van der Waals surface area contributed by atoms with Gasteiger partial charge in [0.05, 0.1) is 7.11 Å². The quantitative estimate of drug-likeness (QED) is 0.838. The molecule has 1 aliphatic heterocycles. The van der Waals surface area contributed by atoms with Crippen LogP contribution in [0.2, 0.25) is 0 Å². The average Bonchev–Trinajstić information content (AvgIpc) is 2.54. The van der Waals surface area contributed by atoms with E-state index in [0.29, 0.717) is 30.7 Å². The van der Waals surface area contributed by atoms with Gasteiger partial charge in [-0.25, -0.2) is 4.39 Å². The zero-order chi connectivity index (χ0) is 13.8. The molecule has 1 aromatic rings. The Bertz CT molecular complexity index is 501. The van der Waals surface area contributed by atoms with Crippen LogP contribution in [0.3, 0.4) is 0 Å². The van der Waals surface area contributed by atoms with Gasteiger partial charge in [-0.2, -0.15) is 0 Å². The summed E-state index contributed by atoms with van der Waals surface area (Å²) in [5.41, 5.74) is 0.616. The fourth-order valence-corrected chi connectivity index (χ4v) is 2.16. The average molecular weight is 265 g/mol. The first-order valence-electron chi connectivity index (χ1n) is 6.22. The standard InChI is InChI=1S/C14H16FNO3/c1-19-13-4-2-11(15)8-10(13)9-16-7-6-12(17)3-5-14(16)18/h2,4,8H,3,5-7,9H2,1H3. The van der Waals surface area contributed by atoms with Crippen molar-refractivity contribution in [3.05, 3.63) is 29.6 Å². The second-order valence-corrected chi connectivity index (χ2v) is 4.56. The molecule has 0 atom stereocenters. The molecule has 0 radical (unpaired) electrons. The summed E-state index contributed by atoms with van der Waals surface area (Å²) in [5, 5.41) is 0. The topological polar surface area (TPSA) is 46.6 Å². The van der Waals surface area contributed by atoms with E-state index in [1.165, 1.54) is 25.3 Å². The molecule has 0 aliphatic carbocycles. The number of amides is 1. The maximum absolute atomic E-state index is 13.3. The lowest BCUT2D eigenvalue weighted by molar-refractivity contribution is -0.131. The first kappa shape index (κ1) is 13.5. The van der Waals surface area contributed by atoms with E-state index in [1.54, 1.807) is 4.90 Å². The number of halogens is 1. The Balaban J connectivity index is 2.17. The van der Waals surface area contributed by atoms with E-state index in [2.05, 4.69) is 0 Å². The number of ether oxygens (including phenoxy) is 1. The van der Waals surface area contributed by atoms with Crippen LogP contribution >= 0.6 is 0 Å². The highest BCUT2D eigenvalue weighted by molar-refractivity contribution is 5.87. The first-order chi connectivity index (χ1) is 9.10. The van der Waals surface area contributed by atoms with Crippen LogP contribution in [0.15, 0.2) is 18.2 Å². The van der Waals surface area contributed by atoms with Crippen molar-refractivity contribution in [2.24, 2.45) is 0 Å². The third kappa shape index (κ3) is 3.30. The lowest BCUT2D eigenvalue weighted by Gasteiger charge is -2.21. The lowest BCUT2D eigenvalue weighted by Crippen LogP contribution is -2.30. The first-order valence-corrected chi connectivity index (χ1v) is 6.22. The summed E-state index contributed by atoms with van der Waals surface area (Å²) in [6, 6.07) is 4.22. The number of likely N-dealkylation sites (tertiary alicyclic amines) is 1. The minimum Gasteiger partial charge on any atom is -0.496 e. The predicted molar refractivity (Wildman–Crippen MR) is 67.2 cm³/mol. The van der Waals surface area contributed by atoms with Gasteiger partial charge in [0.25, 0.3) is 0 Å². The Labute approximate surface area is 111 Å². The Morgan fingerprint density at radius 3 is 2.79 bits per heavy atom. The van der Waals surface area contributed by atoms with Crippen molar-refractivity contribution in [1.82, 2.24) is 4.90 Å². The molecule has 1 saturated heterocycles. The summed E-state index contributed by atoms with van der Waals surface area (Å²) in [4.78, 5) is 24.8. The molecule has 2 rings (SSSR count). The number of methoxy groups -OCH3 is 1. The van der Waals surface area contributed by atoms with E-state index in [9.17, 15) is 14.0 Å². The molecule has 19 heavy (non-hydrogen) atoms. The molecule has 4 nitrogen and oxygen atoms in total. The summed E-state index contributed by atoms with van der Waals surface area (Å²) >= 11 is 0. The second kappa shape index (κ2) is 5.82. The van der Waals surface area contributed by atoms with E-state index >= 15 is 0 Å². The summed E-state index contributed by atoms with van der Waals surface area (Å²) in [6.45, 7) is 0.657. The number of benzene rings is 1. The number of hydrogen-bond acceptors (Lipinski definition) is 3. The summed E-state index contributed by atoms with van der Waals surface area (Å²) < 4.78 is 18.4. The number of carbonyl (C=O) groups is 2. The molecule has 0 saturated carbocycles. The van der Waals surface area contributed by atoms with E-state index in [1.807, 2.05) is 0 Å². The minimum atomic E-state index is -0.367. The molecule has 1 fully saturated rings. The van der Waals surface area contributed by atoms with Gasteiger partial charge in [-0.3, -0.25) is 9.59 Å². The predicted octanol–water partition coefficient (Wildman–Crippen LogP) is 1.92. The molecule has 1 aromatic carbocycles. The third-order valence-corrected chi connectivity index (χ3v) is 3.23. The molecule has 1 heterocycles. The van der Waals surface area contributed by atoms with Crippen molar-refractivity contribution < 1.29 is 18.7 Å². The third-order valence-electron chi connectivity index (χ3n) is 3.23. The van der Waals surface area contributed by atoms with Gasteiger partial charge in [0.1, 0.15) is 17.3 Å². The highest BCUT2D eigenvalue weighted by atomic mass is 19.1. The summed E-state index contributed by atoms with van der Waals surface area (Å²) in [5.74, 6) is 0.207. The molecular weight excluding hydrogens is 249 g/mol. The number of nitrogens with zero attached hydrogens (tertiary/aromatic N) is 1. The molecule has 1 amide bonds. The van der Waals surface area contributed by atoms with Crippen LogP contribution in [-0.4, -0.2) is 30.2 Å². The number of hydrogen-bond donors (Lipinski definition) is 0. The Hall–Kier alpha value is -1.91. The zero-order valence-corrected chi connectivity index (χ0v) is 10.8. The van der Waals surface area contributed by atoms with Crippen LogP contribution in [0.5, 0.6) is 5.75 Å². The molecule has 0 aromatic heterocycles. The van der Waals surface area contributed by atoms with Gasteiger partial charge in [-0.15, -0.1) is 0 Å². The van der Waals surface area contributed by atoms with E-state index in [4.69, 9.17) is 4.74 Å². The number of Topliss-reactive ketones (excluding diaryl/α,β-unsaturated/α-hetero) is 1. The van der Waals surface area contributed by atoms with Crippen molar-refractivity contribution in [2.75, 3.05) is 13.7 Å². The van der Waals surface area contributed by atoms with Gasteiger partial charge in [0, 0.05) is 37.9 Å². The fourth-order valence-electron chi connectivity index (χ4n) is 2.16. The van der Waals surface area contributed by atoms with Gasteiger partial charge in [0.15, 0.2) is 0 Å². The van der Waals surface area contributed by atoms with Gasteiger partial charge >= 0.3 is 0 Å². The van der Waals surface area contributed by atoms with Crippen LogP contribution in [0, 0.1) is 5.82 Å². The largest absolute Gasteiger partial charge is 0.496 e.